The van der Waals surface area contributed by atoms with Crippen LogP contribution >= 0.6 is 0 Å². The first-order valence-electron chi connectivity index (χ1n) is 9.14. The van der Waals surface area contributed by atoms with Crippen LogP contribution in [0.3, 0.4) is 0 Å². The number of piperidine rings is 1. The second-order valence-electron chi connectivity index (χ2n) is 8.53. The Balaban J connectivity index is 1.56. The minimum atomic E-state index is -0.108. The van der Waals surface area contributed by atoms with Crippen LogP contribution in [0.5, 0.6) is 0 Å². The van der Waals surface area contributed by atoms with Crippen LogP contribution in [0.15, 0.2) is 4.52 Å². The van der Waals surface area contributed by atoms with E-state index in [0.717, 1.165) is 38.2 Å². The van der Waals surface area contributed by atoms with Crippen LogP contribution in [0, 0.1) is 11.8 Å². The highest BCUT2D eigenvalue weighted by Gasteiger charge is 2.37. The monoisotopic (exact) mass is 334 g/mol. The van der Waals surface area contributed by atoms with Crippen molar-refractivity contribution in [1.29, 1.82) is 0 Å². The van der Waals surface area contributed by atoms with Crippen molar-refractivity contribution in [3.8, 4) is 0 Å². The molecule has 1 aromatic rings. The molecule has 2 heterocycles. The van der Waals surface area contributed by atoms with Crippen LogP contribution < -0.4 is 5.32 Å². The van der Waals surface area contributed by atoms with Gasteiger partial charge in [0.15, 0.2) is 5.82 Å². The summed E-state index contributed by atoms with van der Waals surface area (Å²) in [5.74, 6) is 2.48. The van der Waals surface area contributed by atoms with Crippen molar-refractivity contribution in [1.82, 2.24) is 20.4 Å². The fraction of sp³-hybridized carbons (Fsp3) is 0.833. The molecule has 0 bridgehead atoms. The Morgan fingerprint density at radius 2 is 2.04 bits per heavy atom. The summed E-state index contributed by atoms with van der Waals surface area (Å²) < 4.78 is 5.44. The number of carbonyl (C=O) groups is 1. The molecule has 0 aromatic carbocycles. The number of carbonyl (C=O) groups excluding carboxylic acids is 1. The standard InChI is InChI=1S/C18H30N4O2/c1-11-10-22(16(23)13-6-7-13)9-8-14(11)19-12(2)15-20-17(21-24-15)18(3,4)5/h11-14,19H,6-10H2,1-5H3/t11-,12+,14+/m1/s1. The van der Waals surface area contributed by atoms with Gasteiger partial charge in [0.1, 0.15) is 0 Å². The summed E-state index contributed by atoms with van der Waals surface area (Å²) in [5.41, 5.74) is -0.108. The van der Waals surface area contributed by atoms with Crippen molar-refractivity contribution in [2.75, 3.05) is 13.1 Å². The Bertz CT molecular complexity index is 588. The lowest BCUT2D eigenvalue weighted by atomic mass is 9.92. The summed E-state index contributed by atoms with van der Waals surface area (Å²) in [4.78, 5) is 18.8. The van der Waals surface area contributed by atoms with E-state index in [1.54, 1.807) is 0 Å². The predicted molar refractivity (Wildman–Crippen MR) is 91.4 cm³/mol. The lowest BCUT2D eigenvalue weighted by Crippen LogP contribution is -2.51. The minimum absolute atomic E-state index is 0.0201. The third-order valence-electron chi connectivity index (χ3n) is 5.09. The maximum atomic E-state index is 12.2. The van der Waals surface area contributed by atoms with Crippen molar-refractivity contribution in [3.05, 3.63) is 11.7 Å². The van der Waals surface area contributed by atoms with E-state index >= 15 is 0 Å². The van der Waals surface area contributed by atoms with E-state index in [1.807, 2.05) is 0 Å². The molecule has 1 amide bonds. The number of nitrogens with zero attached hydrogens (tertiary/aromatic N) is 3. The van der Waals surface area contributed by atoms with Gasteiger partial charge in [-0.25, -0.2) is 0 Å². The summed E-state index contributed by atoms with van der Waals surface area (Å²) in [6.45, 7) is 12.2. The van der Waals surface area contributed by atoms with Crippen molar-refractivity contribution in [2.24, 2.45) is 11.8 Å². The molecule has 1 N–H and O–H groups in total. The Morgan fingerprint density at radius 3 is 2.58 bits per heavy atom. The van der Waals surface area contributed by atoms with Gasteiger partial charge in [-0.05, 0) is 32.1 Å². The average Bonchev–Trinajstić information content (AvgIpc) is 3.23. The molecule has 3 atom stereocenters. The molecule has 0 spiro atoms. The van der Waals surface area contributed by atoms with Gasteiger partial charge in [-0.3, -0.25) is 4.79 Å². The molecular weight excluding hydrogens is 304 g/mol. The van der Waals surface area contributed by atoms with E-state index < -0.39 is 0 Å². The first-order chi connectivity index (χ1) is 11.3. The second kappa shape index (κ2) is 6.47. The summed E-state index contributed by atoms with van der Waals surface area (Å²) >= 11 is 0. The molecule has 0 unspecified atom stereocenters. The number of rotatable bonds is 4. The van der Waals surface area contributed by atoms with Gasteiger partial charge < -0.3 is 14.7 Å². The molecule has 3 rings (SSSR count). The highest BCUT2D eigenvalue weighted by Crippen LogP contribution is 2.32. The fourth-order valence-electron chi connectivity index (χ4n) is 3.29. The molecule has 2 fully saturated rings. The third-order valence-corrected chi connectivity index (χ3v) is 5.09. The molecular formula is C18H30N4O2. The Labute approximate surface area is 144 Å². The zero-order valence-corrected chi connectivity index (χ0v) is 15.5. The van der Waals surface area contributed by atoms with E-state index in [2.05, 4.69) is 55.0 Å². The summed E-state index contributed by atoms with van der Waals surface area (Å²) in [7, 11) is 0. The van der Waals surface area contributed by atoms with Crippen LogP contribution in [-0.4, -0.2) is 40.1 Å². The smallest absolute Gasteiger partial charge is 0.243 e. The van der Waals surface area contributed by atoms with Gasteiger partial charge in [0.2, 0.25) is 11.8 Å². The van der Waals surface area contributed by atoms with Gasteiger partial charge in [-0.1, -0.05) is 32.9 Å². The molecule has 134 valence electrons. The summed E-state index contributed by atoms with van der Waals surface area (Å²) in [5, 5.41) is 7.72. The van der Waals surface area contributed by atoms with Crippen LogP contribution in [0.4, 0.5) is 0 Å². The number of likely N-dealkylation sites (tertiary alicyclic amines) is 1. The lowest BCUT2D eigenvalue weighted by Gasteiger charge is -2.38. The van der Waals surface area contributed by atoms with Crippen LogP contribution in [0.1, 0.15) is 71.6 Å². The number of hydrogen-bond acceptors (Lipinski definition) is 5. The quantitative estimate of drug-likeness (QED) is 0.916. The molecule has 0 radical (unpaired) electrons. The van der Waals surface area contributed by atoms with Crippen molar-refractivity contribution >= 4 is 5.91 Å². The number of hydrogen-bond donors (Lipinski definition) is 1. The third kappa shape index (κ3) is 3.79. The van der Waals surface area contributed by atoms with E-state index in [0.29, 0.717) is 29.7 Å². The normalized spacial score (nSPS) is 26.5. The maximum Gasteiger partial charge on any atom is 0.243 e. The number of nitrogens with one attached hydrogen (secondary N) is 1. The SMILES string of the molecule is C[C@H](N[C@H]1CCN(C(=O)C2CC2)C[C@H]1C)c1nc(C(C)(C)C)no1. The van der Waals surface area contributed by atoms with E-state index in [4.69, 9.17) is 4.52 Å². The van der Waals surface area contributed by atoms with Gasteiger partial charge in [0.25, 0.3) is 0 Å². The molecule has 24 heavy (non-hydrogen) atoms. The second-order valence-corrected chi connectivity index (χ2v) is 8.53. The van der Waals surface area contributed by atoms with Crippen molar-refractivity contribution in [2.45, 2.75) is 71.4 Å². The van der Waals surface area contributed by atoms with Crippen molar-refractivity contribution in [3.63, 3.8) is 0 Å². The van der Waals surface area contributed by atoms with Crippen LogP contribution in [-0.2, 0) is 10.2 Å². The molecule has 1 aromatic heterocycles. The zero-order chi connectivity index (χ0) is 17.5. The molecule has 1 aliphatic heterocycles. The van der Waals surface area contributed by atoms with Crippen LogP contribution in [0.25, 0.3) is 0 Å². The molecule has 6 heteroatoms. The summed E-state index contributed by atoms with van der Waals surface area (Å²) in [6.07, 6.45) is 3.13. The zero-order valence-electron chi connectivity index (χ0n) is 15.5. The highest BCUT2D eigenvalue weighted by atomic mass is 16.5. The van der Waals surface area contributed by atoms with E-state index in [9.17, 15) is 4.79 Å². The number of amides is 1. The largest absolute Gasteiger partial charge is 0.342 e. The topological polar surface area (TPSA) is 71.3 Å². The van der Waals surface area contributed by atoms with Crippen LogP contribution in [0.2, 0.25) is 0 Å². The average molecular weight is 334 g/mol. The first kappa shape index (κ1) is 17.4. The van der Waals surface area contributed by atoms with E-state index in [1.165, 1.54) is 0 Å². The molecule has 2 aliphatic rings. The lowest BCUT2D eigenvalue weighted by molar-refractivity contribution is -0.134. The minimum Gasteiger partial charge on any atom is -0.342 e. The maximum absolute atomic E-state index is 12.2. The van der Waals surface area contributed by atoms with Gasteiger partial charge in [-0.15, -0.1) is 0 Å². The Kier molecular flexibility index (Phi) is 4.69. The Hall–Kier alpha value is -1.43. The van der Waals surface area contributed by atoms with E-state index in [-0.39, 0.29) is 11.5 Å². The predicted octanol–water partition coefficient (Wildman–Crippen LogP) is 2.66. The molecule has 1 aliphatic carbocycles. The molecule has 1 saturated carbocycles. The fourth-order valence-corrected chi connectivity index (χ4v) is 3.29. The van der Waals surface area contributed by atoms with Gasteiger partial charge in [0.05, 0.1) is 6.04 Å². The van der Waals surface area contributed by atoms with Gasteiger partial charge in [0, 0.05) is 30.5 Å². The molecule has 6 nitrogen and oxygen atoms in total. The molecule has 1 saturated heterocycles. The Morgan fingerprint density at radius 1 is 1.33 bits per heavy atom. The summed E-state index contributed by atoms with van der Waals surface area (Å²) in [6, 6.07) is 0.389. The van der Waals surface area contributed by atoms with Crippen molar-refractivity contribution < 1.29 is 9.32 Å². The number of aromatic nitrogens is 2. The van der Waals surface area contributed by atoms with Gasteiger partial charge in [-0.2, -0.15) is 4.98 Å². The van der Waals surface area contributed by atoms with Gasteiger partial charge >= 0.3 is 0 Å². The highest BCUT2D eigenvalue weighted by molar-refractivity contribution is 5.81. The first-order valence-corrected chi connectivity index (χ1v) is 9.14.